The fourth-order valence-corrected chi connectivity index (χ4v) is 1.41. The number of carbonyl (C=O) groups excluding carboxylic acids is 2. The van der Waals surface area contributed by atoms with E-state index in [9.17, 15) is 18.0 Å². The van der Waals surface area contributed by atoms with Gasteiger partial charge >= 0.3 is 22.6 Å². The van der Waals surface area contributed by atoms with Crippen molar-refractivity contribution in [2.75, 3.05) is 19.4 Å². The molecule has 0 aliphatic rings. The maximum atomic E-state index is 11.3. The van der Waals surface area contributed by atoms with Gasteiger partial charge < -0.3 is 16.0 Å². The fourth-order valence-electron chi connectivity index (χ4n) is 1.26. The first kappa shape index (κ1) is 19.6. The molecule has 1 aromatic carbocycles. The molecule has 0 radical (unpaired) electrons. The third-order valence-corrected chi connectivity index (χ3v) is 2.73. The average molecular weight is 328 g/mol. The number of urea groups is 2. The number of hydrogen-bond acceptors (Lipinski definition) is 4. The van der Waals surface area contributed by atoms with Gasteiger partial charge in [-0.25, -0.2) is 9.59 Å². The van der Waals surface area contributed by atoms with Gasteiger partial charge in [0.2, 0.25) is 0 Å². The molecule has 122 valence electrons. The van der Waals surface area contributed by atoms with E-state index < -0.39 is 16.5 Å². The Kier molecular flexibility index (Phi) is 8.46. The van der Waals surface area contributed by atoms with Crippen molar-refractivity contribution in [2.45, 2.75) is 19.8 Å². The molecule has 0 saturated carbocycles. The Bertz CT molecular complexity index is 629. The highest BCUT2D eigenvalue weighted by molar-refractivity contribution is 7.62. The first-order chi connectivity index (χ1) is 10.1. The van der Waals surface area contributed by atoms with E-state index in [2.05, 4.69) is 29.3 Å². The molecule has 8 nitrogen and oxygen atoms in total. The second-order valence-electron chi connectivity index (χ2n) is 4.75. The van der Waals surface area contributed by atoms with Gasteiger partial charge in [-0.3, -0.25) is 0 Å². The Morgan fingerprint density at radius 2 is 1.68 bits per heavy atom. The van der Waals surface area contributed by atoms with E-state index in [1.807, 2.05) is 24.3 Å². The molecule has 0 unspecified atom stereocenters. The number of benzene rings is 1. The molecule has 0 spiro atoms. The van der Waals surface area contributed by atoms with Gasteiger partial charge in [0.05, 0.1) is 0 Å². The van der Waals surface area contributed by atoms with Crippen molar-refractivity contribution in [3.63, 3.8) is 0 Å². The minimum Gasteiger partial charge on any atom is -0.349 e. The summed E-state index contributed by atoms with van der Waals surface area (Å²) < 4.78 is 21.0. The van der Waals surface area contributed by atoms with E-state index >= 15 is 0 Å². The van der Waals surface area contributed by atoms with Crippen LogP contribution in [0.15, 0.2) is 28.6 Å². The molecule has 0 fully saturated rings. The van der Waals surface area contributed by atoms with Gasteiger partial charge in [0.1, 0.15) is 0 Å². The van der Waals surface area contributed by atoms with Crippen LogP contribution in [-0.2, 0) is 10.5 Å². The topological polar surface area (TPSA) is 122 Å². The Hall–Kier alpha value is -2.42. The van der Waals surface area contributed by atoms with Crippen molar-refractivity contribution < 1.29 is 18.0 Å². The smallest absolute Gasteiger partial charge is 0.349 e. The lowest BCUT2D eigenvalue weighted by molar-refractivity contribution is 0.230. The molecule has 0 bridgehead atoms. The normalized spacial score (nSPS) is 9.32. The Balaban J connectivity index is 0.000000534. The molecule has 9 heteroatoms. The Morgan fingerprint density at radius 3 is 1.95 bits per heavy atom. The van der Waals surface area contributed by atoms with Crippen LogP contribution in [-0.4, -0.2) is 39.5 Å². The van der Waals surface area contributed by atoms with Crippen LogP contribution < -0.4 is 11.1 Å². The lowest BCUT2D eigenvalue weighted by Gasteiger charge is -2.12. The standard InChI is InChI=1S/C12H18N2O.CH2N2O3S/c1-9(2)10-5-7-11(8-6-10)13-12(15)14(3)4;2-1(4)3-7(5)6/h5-9H,1-4H3,(H,13,15);(H2,2,4). The predicted octanol–water partition coefficient (Wildman–Crippen LogP) is 2.03. The summed E-state index contributed by atoms with van der Waals surface area (Å²) >= 11 is 0. The summed E-state index contributed by atoms with van der Waals surface area (Å²) in [5.74, 6) is 0.517. The Labute approximate surface area is 131 Å². The van der Waals surface area contributed by atoms with E-state index in [1.165, 1.54) is 10.5 Å². The largest absolute Gasteiger partial charge is 0.353 e. The Morgan fingerprint density at radius 1 is 1.18 bits per heavy atom. The summed E-state index contributed by atoms with van der Waals surface area (Å²) in [7, 11) is 0.745. The van der Waals surface area contributed by atoms with Crippen LogP contribution in [0.25, 0.3) is 0 Å². The number of nitrogens with one attached hydrogen (secondary N) is 1. The van der Waals surface area contributed by atoms with Crippen molar-refractivity contribution in [1.29, 1.82) is 0 Å². The van der Waals surface area contributed by atoms with Gasteiger partial charge in [-0.1, -0.05) is 30.3 Å². The number of amides is 4. The fraction of sp³-hybridized carbons (Fsp3) is 0.385. The average Bonchev–Trinajstić information content (AvgIpc) is 2.38. The molecular formula is C13H20N4O4S. The van der Waals surface area contributed by atoms with Crippen LogP contribution in [0.1, 0.15) is 25.3 Å². The van der Waals surface area contributed by atoms with E-state index in [4.69, 9.17) is 0 Å². The number of hydrogen-bond donors (Lipinski definition) is 2. The predicted molar refractivity (Wildman–Crippen MR) is 84.2 cm³/mol. The van der Waals surface area contributed by atoms with Crippen LogP contribution in [0.4, 0.5) is 15.3 Å². The minimum atomic E-state index is -2.70. The van der Waals surface area contributed by atoms with E-state index in [1.54, 1.807) is 14.1 Å². The number of nitrogens with two attached hydrogens (primary N) is 1. The van der Waals surface area contributed by atoms with Gasteiger partial charge in [-0.05, 0) is 23.6 Å². The maximum Gasteiger partial charge on any atom is 0.353 e. The first-order valence-electron chi connectivity index (χ1n) is 6.32. The lowest BCUT2D eigenvalue weighted by atomic mass is 10.0. The van der Waals surface area contributed by atoms with Crippen molar-refractivity contribution in [1.82, 2.24) is 4.90 Å². The summed E-state index contributed by atoms with van der Waals surface area (Å²) in [6.45, 7) is 4.29. The minimum absolute atomic E-state index is 0.104. The summed E-state index contributed by atoms with van der Waals surface area (Å²) in [6, 6.07) is 6.62. The molecule has 3 N–H and O–H groups in total. The lowest BCUT2D eigenvalue weighted by Crippen LogP contribution is -2.27. The number of rotatable bonds is 2. The number of carbonyl (C=O) groups is 2. The third kappa shape index (κ3) is 8.69. The van der Waals surface area contributed by atoms with Crippen LogP contribution in [0.2, 0.25) is 0 Å². The van der Waals surface area contributed by atoms with Crippen LogP contribution in [0.5, 0.6) is 0 Å². The molecule has 0 aliphatic carbocycles. The van der Waals surface area contributed by atoms with Gasteiger partial charge in [0.15, 0.2) is 0 Å². The van der Waals surface area contributed by atoms with Crippen molar-refractivity contribution in [2.24, 2.45) is 10.1 Å². The number of nitrogens with zero attached hydrogens (tertiary/aromatic N) is 2. The van der Waals surface area contributed by atoms with E-state index in [0.717, 1.165) is 5.69 Å². The zero-order valence-electron chi connectivity index (χ0n) is 12.9. The van der Waals surface area contributed by atoms with Crippen molar-refractivity contribution in [3.8, 4) is 0 Å². The van der Waals surface area contributed by atoms with Gasteiger partial charge in [0, 0.05) is 19.8 Å². The third-order valence-electron chi connectivity index (χ3n) is 2.40. The number of anilines is 1. The van der Waals surface area contributed by atoms with E-state index in [-0.39, 0.29) is 6.03 Å². The molecule has 1 aromatic rings. The highest BCUT2D eigenvalue weighted by atomic mass is 32.2. The molecule has 4 amide bonds. The summed E-state index contributed by atoms with van der Waals surface area (Å²) in [5, 5.41) is 2.79. The van der Waals surface area contributed by atoms with Crippen LogP contribution in [0.3, 0.4) is 0 Å². The van der Waals surface area contributed by atoms with Crippen LogP contribution >= 0.6 is 0 Å². The zero-order valence-corrected chi connectivity index (χ0v) is 13.7. The summed E-state index contributed by atoms with van der Waals surface area (Å²) in [6.07, 6.45) is 0. The van der Waals surface area contributed by atoms with Gasteiger partial charge in [0.25, 0.3) is 0 Å². The molecule has 22 heavy (non-hydrogen) atoms. The van der Waals surface area contributed by atoms with E-state index in [0.29, 0.717) is 5.92 Å². The van der Waals surface area contributed by atoms with Crippen molar-refractivity contribution >= 4 is 28.3 Å². The quantitative estimate of drug-likeness (QED) is 0.862. The molecule has 1 rings (SSSR count). The van der Waals surface area contributed by atoms with Gasteiger partial charge in [-0.2, -0.15) is 8.42 Å². The number of primary amides is 1. The summed E-state index contributed by atoms with van der Waals surface area (Å²) in [4.78, 5) is 22.3. The first-order valence-corrected chi connectivity index (χ1v) is 7.35. The molecule has 0 atom stereocenters. The molecule has 0 aliphatic heterocycles. The van der Waals surface area contributed by atoms with Crippen molar-refractivity contribution in [3.05, 3.63) is 29.8 Å². The SMILES string of the molecule is CC(C)c1ccc(NC(=O)N(C)C)cc1.NC(=O)N=S(=O)=O. The monoisotopic (exact) mass is 328 g/mol. The highest BCUT2D eigenvalue weighted by Gasteiger charge is 2.04. The van der Waals surface area contributed by atoms with Crippen LogP contribution in [0, 0.1) is 0 Å². The molecule has 0 saturated heterocycles. The molecule has 0 aromatic heterocycles. The second-order valence-corrected chi connectivity index (χ2v) is 5.36. The molecular weight excluding hydrogens is 308 g/mol. The van der Waals surface area contributed by atoms with Gasteiger partial charge in [-0.15, -0.1) is 0 Å². The second kappa shape index (κ2) is 9.50. The highest BCUT2D eigenvalue weighted by Crippen LogP contribution is 2.17. The summed E-state index contributed by atoms with van der Waals surface area (Å²) in [5.41, 5.74) is 6.40. The maximum absolute atomic E-state index is 11.3. The molecule has 0 heterocycles. The zero-order chi connectivity index (χ0) is 17.3.